The number of methoxy groups -OCH3 is 2. The van der Waals surface area contributed by atoms with Crippen molar-refractivity contribution in [2.75, 3.05) is 41.0 Å². The molecule has 1 heterocycles. The number of aliphatic hydroxyl groups excluding tert-OH is 5. The molecule has 0 aliphatic carbocycles. The third-order valence-electron chi connectivity index (χ3n) is 5.61. The number of amides is 1. The zero-order valence-corrected chi connectivity index (χ0v) is 19.6. The van der Waals surface area contributed by atoms with Crippen LogP contribution in [0.25, 0.3) is 0 Å². The largest absolute Gasteiger partial charge is 0.493 e. The number of ether oxygens (including phenoxy) is 2. The van der Waals surface area contributed by atoms with Crippen LogP contribution in [0, 0.1) is 0 Å². The fraction of sp³-hybridized carbons (Fsp3) is 0.650. The Hall–Kier alpha value is -2.00. The van der Waals surface area contributed by atoms with Crippen LogP contribution in [-0.4, -0.2) is 120 Å². The molecule has 188 valence electrons. The number of aliphatic hydroxyl groups is 5. The van der Waals surface area contributed by atoms with Gasteiger partial charge in [0.25, 0.3) is 0 Å². The zero-order chi connectivity index (χ0) is 24.9. The highest BCUT2D eigenvalue weighted by atomic mass is 32.2. The predicted octanol–water partition coefficient (Wildman–Crippen LogP) is -2.25. The molecule has 1 aliphatic heterocycles. The predicted molar refractivity (Wildman–Crippen MR) is 115 cm³/mol. The maximum atomic E-state index is 13.3. The van der Waals surface area contributed by atoms with Crippen LogP contribution in [0.15, 0.2) is 23.1 Å². The monoisotopic (exact) mass is 492 g/mol. The van der Waals surface area contributed by atoms with Gasteiger partial charge in [0.15, 0.2) is 11.5 Å². The van der Waals surface area contributed by atoms with Crippen molar-refractivity contribution in [1.29, 1.82) is 0 Å². The van der Waals surface area contributed by atoms with E-state index in [0.717, 1.165) is 9.21 Å². The fourth-order valence-electron chi connectivity index (χ4n) is 3.68. The van der Waals surface area contributed by atoms with Crippen molar-refractivity contribution in [2.24, 2.45) is 0 Å². The molecule has 1 saturated heterocycles. The molecule has 33 heavy (non-hydrogen) atoms. The number of likely N-dealkylation sites (N-methyl/N-ethyl adjacent to an activating group) is 1. The minimum atomic E-state index is -4.06. The van der Waals surface area contributed by atoms with Crippen molar-refractivity contribution in [1.82, 2.24) is 9.21 Å². The van der Waals surface area contributed by atoms with Crippen LogP contribution in [0.3, 0.4) is 0 Å². The average Bonchev–Trinajstić information content (AvgIpc) is 3.32. The third kappa shape index (κ3) is 5.93. The molecule has 5 N–H and O–H groups in total. The van der Waals surface area contributed by atoms with Gasteiger partial charge in [0.1, 0.15) is 30.5 Å². The second-order valence-electron chi connectivity index (χ2n) is 7.81. The topological polar surface area (TPSA) is 177 Å². The Kier molecular flexibility index (Phi) is 9.43. The second-order valence-corrected chi connectivity index (χ2v) is 9.70. The summed E-state index contributed by atoms with van der Waals surface area (Å²) in [5, 5.41) is 48.2. The van der Waals surface area contributed by atoms with Crippen molar-refractivity contribution in [3.63, 3.8) is 0 Å². The summed E-state index contributed by atoms with van der Waals surface area (Å²) in [6, 6.07) is 3.10. The molecule has 2 rings (SSSR count). The third-order valence-corrected chi connectivity index (χ3v) is 7.52. The van der Waals surface area contributed by atoms with Crippen LogP contribution < -0.4 is 9.47 Å². The molecular weight excluding hydrogens is 460 g/mol. The Balaban J connectivity index is 2.17. The van der Waals surface area contributed by atoms with Gasteiger partial charge in [-0.3, -0.25) is 4.79 Å². The summed E-state index contributed by atoms with van der Waals surface area (Å²) >= 11 is 0. The van der Waals surface area contributed by atoms with Crippen LogP contribution in [0.5, 0.6) is 11.5 Å². The van der Waals surface area contributed by atoms with Crippen LogP contribution in [0.2, 0.25) is 0 Å². The van der Waals surface area contributed by atoms with Crippen LogP contribution in [0.1, 0.15) is 12.8 Å². The van der Waals surface area contributed by atoms with Crippen molar-refractivity contribution in [3.05, 3.63) is 18.2 Å². The minimum Gasteiger partial charge on any atom is -0.493 e. The Morgan fingerprint density at radius 2 is 1.73 bits per heavy atom. The van der Waals surface area contributed by atoms with Gasteiger partial charge in [0, 0.05) is 26.2 Å². The van der Waals surface area contributed by atoms with E-state index < -0.39 is 59.5 Å². The van der Waals surface area contributed by atoms with Crippen molar-refractivity contribution < 1.29 is 48.2 Å². The Labute approximate surface area is 192 Å². The van der Waals surface area contributed by atoms with Crippen LogP contribution in [-0.2, 0) is 14.8 Å². The molecule has 1 amide bonds. The standard InChI is InChI=1S/C20H32N2O10S/c1-21(10-14(24)18(26)19(27)15(25)11-23)20(28)13-5-4-8-22(13)33(29,30)12-6-7-16(31-2)17(9-12)32-3/h6-7,9,13-15,18-19,23-27H,4-5,8,10-11H2,1-3H3. The molecule has 0 saturated carbocycles. The lowest BCUT2D eigenvalue weighted by Gasteiger charge is -2.31. The van der Waals surface area contributed by atoms with Gasteiger partial charge in [-0.1, -0.05) is 0 Å². The highest BCUT2D eigenvalue weighted by Gasteiger charge is 2.41. The highest BCUT2D eigenvalue weighted by Crippen LogP contribution is 2.33. The molecule has 0 aromatic heterocycles. The first-order valence-electron chi connectivity index (χ1n) is 10.3. The first kappa shape index (κ1) is 27.2. The second kappa shape index (κ2) is 11.4. The van der Waals surface area contributed by atoms with Gasteiger partial charge in [-0.15, -0.1) is 0 Å². The maximum Gasteiger partial charge on any atom is 0.243 e. The molecule has 12 nitrogen and oxygen atoms in total. The van der Waals surface area contributed by atoms with E-state index in [-0.39, 0.29) is 23.6 Å². The SMILES string of the molecule is COc1ccc(S(=O)(=O)N2CCCC2C(=O)N(C)CC(O)C(O)C(O)C(O)CO)cc1OC. The number of nitrogens with zero attached hydrogens (tertiary/aromatic N) is 2. The number of hydrogen-bond acceptors (Lipinski definition) is 10. The number of hydrogen-bond donors (Lipinski definition) is 5. The number of sulfonamides is 1. The average molecular weight is 493 g/mol. The van der Waals surface area contributed by atoms with Crippen molar-refractivity contribution in [2.45, 2.75) is 48.2 Å². The Morgan fingerprint density at radius 1 is 1.12 bits per heavy atom. The van der Waals surface area contributed by atoms with Gasteiger partial charge < -0.3 is 39.9 Å². The quantitative estimate of drug-likeness (QED) is 0.227. The summed E-state index contributed by atoms with van der Waals surface area (Å²) in [7, 11) is 0.0659. The van der Waals surface area contributed by atoms with E-state index in [2.05, 4.69) is 0 Å². The Bertz CT molecular complexity index is 912. The van der Waals surface area contributed by atoms with Gasteiger partial charge in [-0.05, 0) is 25.0 Å². The van der Waals surface area contributed by atoms with E-state index in [1.54, 1.807) is 0 Å². The molecule has 5 unspecified atom stereocenters. The summed E-state index contributed by atoms with van der Waals surface area (Å²) < 4.78 is 37.9. The summed E-state index contributed by atoms with van der Waals surface area (Å²) in [6.45, 7) is -1.14. The molecule has 1 aromatic rings. The zero-order valence-electron chi connectivity index (χ0n) is 18.7. The van der Waals surface area contributed by atoms with Crippen LogP contribution >= 0.6 is 0 Å². The Morgan fingerprint density at radius 3 is 2.30 bits per heavy atom. The molecule has 1 fully saturated rings. The van der Waals surface area contributed by atoms with Gasteiger partial charge in [0.2, 0.25) is 15.9 Å². The summed E-state index contributed by atoms with van der Waals surface area (Å²) in [6.07, 6.45) is -6.27. The number of carbonyl (C=O) groups excluding carboxylic acids is 1. The van der Waals surface area contributed by atoms with E-state index >= 15 is 0 Å². The van der Waals surface area contributed by atoms with E-state index in [0.29, 0.717) is 12.2 Å². The number of rotatable bonds is 11. The molecule has 0 radical (unpaired) electrons. The minimum absolute atomic E-state index is 0.0703. The van der Waals surface area contributed by atoms with Gasteiger partial charge in [-0.2, -0.15) is 4.31 Å². The van der Waals surface area contributed by atoms with Crippen molar-refractivity contribution in [3.8, 4) is 11.5 Å². The fourth-order valence-corrected chi connectivity index (χ4v) is 5.35. The molecule has 1 aromatic carbocycles. The number of benzene rings is 1. The molecule has 1 aliphatic rings. The number of carbonyl (C=O) groups is 1. The van der Waals surface area contributed by atoms with Gasteiger partial charge >= 0.3 is 0 Å². The van der Waals surface area contributed by atoms with Gasteiger partial charge in [0.05, 0.1) is 25.7 Å². The van der Waals surface area contributed by atoms with E-state index in [1.165, 1.54) is 39.5 Å². The molecule has 5 atom stereocenters. The van der Waals surface area contributed by atoms with E-state index in [4.69, 9.17) is 14.6 Å². The van der Waals surface area contributed by atoms with Gasteiger partial charge in [-0.25, -0.2) is 8.42 Å². The van der Waals surface area contributed by atoms with Crippen molar-refractivity contribution >= 4 is 15.9 Å². The normalized spacial score (nSPS) is 20.7. The lowest BCUT2D eigenvalue weighted by molar-refractivity contribution is -0.140. The summed E-state index contributed by atoms with van der Waals surface area (Å²) in [5.41, 5.74) is 0. The molecular formula is C20H32N2O10S. The molecule has 13 heteroatoms. The highest BCUT2D eigenvalue weighted by molar-refractivity contribution is 7.89. The lowest BCUT2D eigenvalue weighted by atomic mass is 10.0. The summed E-state index contributed by atoms with van der Waals surface area (Å²) in [5.74, 6) is -0.0234. The smallest absolute Gasteiger partial charge is 0.243 e. The molecule has 0 bridgehead atoms. The van der Waals surface area contributed by atoms with Crippen LogP contribution in [0.4, 0.5) is 0 Å². The maximum absolute atomic E-state index is 13.3. The van der Waals surface area contributed by atoms with E-state index in [1.807, 2.05) is 0 Å². The van der Waals surface area contributed by atoms with E-state index in [9.17, 15) is 33.6 Å². The molecule has 0 spiro atoms. The first-order valence-corrected chi connectivity index (χ1v) is 11.8. The first-order chi connectivity index (χ1) is 15.5. The summed E-state index contributed by atoms with van der Waals surface area (Å²) in [4.78, 5) is 14.0. The lowest BCUT2D eigenvalue weighted by Crippen LogP contribution is -2.52.